The number of carboxylic acids is 1. The molecule has 0 unspecified atom stereocenters. The van der Waals surface area contributed by atoms with Crippen LogP contribution in [0.25, 0.3) is 22.2 Å². The van der Waals surface area contributed by atoms with Crippen LogP contribution in [-0.4, -0.2) is 31.7 Å². The molecule has 0 fully saturated rings. The Bertz CT molecular complexity index is 1520. The molecule has 5 aromatic rings. The normalized spacial score (nSPS) is 11.6. The average molecular weight is 519 g/mol. The van der Waals surface area contributed by atoms with Crippen LogP contribution in [0.5, 0.6) is 11.6 Å². The van der Waals surface area contributed by atoms with Crippen molar-refractivity contribution in [3.8, 4) is 22.8 Å². The third-order valence-electron chi connectivity index (χ3n) is 5.93. The van der Waals surface area contributed by atoms with Crippen molar-refractivity contribution in [2.45, 2.75) is 19.0 Å². The van der Waals surface area contributed by atoms with Crippen LogP contribution in [0.2, 0.25) is 0 Å². The molecule has 1 atom stereocenters. The number of nitrogens with zero attached hydrogens (tertiary/aromatic N) is 3. The lowest BCUT2D eigenvalue weighted by Crippen LogP contribution is -2.32. The van der Waals surface area contributed by atoms with Crippen molar-refractivity contribution in [2.75, 3.05) is 0 Å². The molecule has 3 aromatic carbocycles. The van der Waals surface area contributed by atoms with Crippen LogP contribution >= 0.6 is 12.4 Å². The Morgan fingerprint density at radius 2 is 1.78 bits per heavy atom. The lowest BCUT2D eigenvalue weighted by molar-refractivity contribution is -0.138. The van der Waals surface area contributed by atoms with Crippen LogP contribution in [0.15, 0.2) is 91.4 Å². The Kier molecular flexibility index (Phi) is 7.81. The zero-order valence-electron chi connectivity index (χ0n) is 19.6. The smallest absolute Gasteiger partial charge is 0.320 e. The molecule has 0 aliphatic carbocycles. The van der Waals surface area contributed by atoms with Gasteiger partial charge in [0.15, 0.2) is 0 Å². The number of hydrogen-bond donors (Lipinski definition) is 2. The number of halogens is 2. The fourth-order valence-electron chi connectivity index (χ4n) is 4.09. The quantitative estimate of drug-likeness (QED) is 0.283. The highest BCUT2D eigenvalue weighted by Gasteiger charge is 2.15. The first-order valence-electron chi connectivity index (χ1n) is 11.4. The van der Waals surface area contributed by atoms with E-state index in [2.05, 4.69) is 9.97 Å². The number of ether oxygens (including phenoxy) is 1. The molecule has 0 saturated heterocycles. The van der Waals surface area contributed by atoms with Crippen LogP contribution in [0, 0.1) is 5.82 Å². The van der Waals surface area contributed by atoms with E-state index < -0.39 is 12.0 Å². The lowest BCUT2D eigenvalue weighted by Gasteiger charge is -2.12. The Morgan fingerprint density at radius 3 is 2.51 bits per heavy atom. The molecule has 9 heteroatoms. The first-order valence-corrected chi connectivity index (χ1v) is 11.4. The van der Waals surface area contributed by atoms with E-state index in [1.165, 1.54) is 12.4 Å². The standard InChI is InChI=1S/C28H23FN4O3.ClH/c29-21-9-8-20(24(15-21)19-4-2-1-3-5-19)16-33-13-12-23-26(33)31-17-32-27(23)36-22-10-6-18(7-11-22)14-25(30)28(34)35;/h1-13,15,17,25H,14,16,30H2,(H,34,35);1H/t25-;/m0./s1. The van der Waals surface area contributed by atoms with Crippen molar-refractivity contribution in [2.24, 2.45) is 5.73 Å². The van der Waals surface area contributed by atoms with E-state index in [0.717, 1.165) is 27.6 Å². The van der Waals surface area contributed by atoms with Gasteiger partial charge in [-0.25, -0.2) is 14.4 Å². The third-order valence-corrected chi connectivity index (χ3v) is 5.93. The largest absolute Gasteiger partial charge is 0.480 e. The summed E-state index contributed by atoms with van der Waals surface area (Å²) in [5.74, 6) is -0.375. The molecule has 0 aliphatic heterocycles. The summed E-state index contributed by atoms with van der Waals surface area (Å²) in [4.78, 5) is 19.7. The predicted octanol–water partition coefficient (Wildman–Crippen LogP) is 5.45. The van der Waals surface area contributed by atoms with Gasteiger partial charge >= 0.3 is 5.97 Å². The Morgan fingerprint density at radius 1 is 1.03 bits per heavy atom. The van der Waals surface area contributed by atoms with E-state index in [4.69, 9.17) is 15.6 Å². The van der Waals surface area contributed by atoms with Gasteiger partial charge in [-0.2, -0.15) is 0 Å². The first kappa shape index (κ1) is 25.8. The zero-order valence-corrected chi connectivity index (χ0v) is 20.4. The highest BCUT2D eigenvalue weighted by molar-refractivity contribution is 5.85. The number of aliphatic carboxylic acids is 1. The van der Waals surface area contributed by atoms with Gasteiger partial charge in [0.1, 0.15) is 29.6 Å². The second-order valence-corrected chi connectivity index (χ2v) is 8.42. The number of aromatic nitrogens is 3. The van der Waals surface area contributed by atoms with Gasteiger partial charge in [0, 0.05) is 12.7 Å². The molecule has 5 rings (SSSR count). The van der Waals surface area contributed by atoms with E-state index in [1.807, 2.05) is 47.2 Å². The average Bonchev–Trinajstić information content (AvgIpc) is 3.30. The number of hydrogen-bond acceptors (Lipinski definition) is 5. The molecule has 0 aliphatic rings. The third kappa shape index (κ3) is 5.77. The SMILES string of the molecule is Cl.N[C@@H](Cc1ccc(Oc2ncnc3c2ccn3Cc2ccc(F)cc2-c2ccccc2)cc1)C(=O)O. The summed E-state index contributed by atoms with van der Waals surface area (Å²) in [5.41, 5.74) is 9.81. The lowest BCUT2D eigenvalue weighted by atomic mass is 9.99. The molecule has 7 nitrogen and oxygen atoms in total. The maximum absolute atomic E-state index is 14.1. The number of carboxylic acid groups (broad SMARTS) is 1. The maximum atomic E-state index is 14.1. The van der Waals surface area contributed by atoms with Crippen LogP contribution in [0.3, 0.4) is 0 Å². The maximum Gasteiger partial charge on any atom is 0.320 e. The van der Waals surface area contributed by atoms with Gasteiger partial charge in [-0.15, -0.1) is 12.4 Å². The van der Waals surface area contributed by atoms with Gasteiger partial charge < -0.3 is 20.1 Å². The summed E-state index contributed by atoms with van der Waals surface area (Å²) in [6.45, 7) is 0.489. The summed E-state index contributed by atoms with van der Waals surface area (Å²) >= 11 is 0. The van der Waals surface area contributed by atoms with E-state index in [0.29, 0.717) is 23.8 Å². The van der Waals surface area contributed by atoms with Gasteiger partial charge in [0.05, 0.1) is 5.39 Å². The molecule has 0 saturated carbocycles. The van der Waals surface area contributed by atoms with Crippen LogP contribution in [-0.2, 0) is 17.8 Å². The molecule has 2 aromatic heterocycles. The summed E-state index contributed by atoms with van der Waals surface area (Å²) in [6, 6.07) is 22.5. The Balaban J connectivity index is 0.00000320. The van der Waals surface area contributed by atoms with Gasteiger partial charge in [0.25, 0.3) is 0 Å². The van der Waals surface area contributed by atoms with Crippen LogP contribution < -0.4 is 10.5 Å². The van der Waals surface area contributed by atoms with E-state index >= 15 is 0 Å². The van der Waals surface area contributed by atoms with E-state index in [9.17, 15) is 9.18 Å². The molecular formula is C28H24ClFN4O3. The molecule has 0 radical (unpaired) electrons. The Hall–Kier alpha value is -4.27. The zero-order chi connectivity index (χ0) is 25.1. The second kappa shape index (κ2) is 11.2. The molecule has 188 valence electrons. The summed E-state index contributed by atoms with van der Waals surface area (Å²) in [7, 11) is 0. The van der Waals surface area contributed by atoms with Crippen molar-refractivity contribution in [3.05, 3.63) is 108 Å². The Labute approximate surface area is 218 Å². The molecule has 37 heavy (non-hydrogen) atoms. The summed E-state index contributed by atoms with van der Waals surface area (Å²) in [5, 5.41) is 9.73. The van der Waals surface area contributed by atoms with Crippen molar-refractivity contribution >= 4 is 29.4 Å². The highest BCUT2D eigenvalue weighted by Crippen LogP contribution is 2.30. The van der Waals surface area contributed by atoms with Gasteiger partial charge in [-0.05, 0) is 59.0 Å². The summed E-state index contributed by atoms with van der Waals surface area (Å²) in [6.07, 6.45) is 3.57. The molecule has 0 bridgehead atoms. The number of benzene rings is 3. The monoisotopic (exact) mass is 518 g/mol. The van der Waals surface area contributed by atoms with Gasteiger partial charge in [-0.3, -0.25) is 4.79 Å². The van der Waals surface area contributed by atoms with Gasteiger partial charge in [-0.1, -0.05) is 48.5 Å². The molecule has 0 amide bonds. The minimum absolute atomic E-state index is 0. The highest BCUT2D eigenvalue weighted by atomic mass is 35.5. The first-order chi connectivity index (χ1) is 17.5. The van der Waals surface area contributed by atoms with E-state index in [-0.39, 0.29) is 24.6 Å². The molecule has 0 spiro atoms. The number of fused-ring (bicyclic) bond motifs is 1. The van der Waals surface area contributed by atoms with Crippen molar-refractivity contribution in [1.29, 1.82) is 0 Å². The van der Waals surface area contributed by atoms with E-state index in [1.54, 1.807) is 36.4 Å². The van der Waals surface area contributed by atoms with Crippen LogP contribution in [0.1, 0.15) is 11.1 Å². The number of rotatable bonds is 8. The van der Waals surface area contributed by atoms with Gasteiger partial charge in [0.2, 0.25) is 5.88 Å². The predicted molar refractivity (Wildman–Crippen MR) is 142 cm³/mol. The van der Waals surface area contributed by atoms with Crippen molar-refractivity contribution in [3.63, 3.8) is 0 Å². The fourth-order valence-corrected chi connectivity index (χ4v) is 4.09. The molecule has 3 N–H and O–H groups in total. The van der Waals surface area contributed by atoms with Crippen molar-refractivity contribution in [1.82, 2.24) is 14.5 Å². The topological polar surface area (TPSA) is 103 Å². The van der Waals surface area contributed by atoms with Crippen LogP contribution in [0.4, 0.5) is 4.39 Å². The van der Waals surface area contributed by atoms with Crippen molar-refractivity contribution < 1.29 is 19.0 Å². The molecule has 2 heterocycles. The summed E-state index contributed by atoms with van der Waals surface area (Å²) < 4.78 is 22.1. The fraction of sp³-hybridized carbons (Fsp3) is 0.107. The number of carbonyl (C=O) groups is 1. The minimum Gasteiger partial charge on any atom is -0.480 e. The number of nitrogens with two attached hydrogens (primary N) is 1. The minimum atomic E-state index is -1.04. The molecular weight excluding hydrogens is 495 g/mol. The second-order valence-electron chi connectivity index (χ2n) is 8.42.